The van der Waals surface area contributed by atoms with Gasteiger partial charge in [0.15, 0.2) is 6.61 Å². The summed E-state index contributed by atoms with van der Waals surface area (Å²) in [7, 11) is 0. The highest BCUT2D eigenvalue weighted by molar-refractivity contribution is 9.10. The first-order chi connectivity index (χ1) is 11.0. The third kappa shape index (κ3) is 6.42. The molecule has 0 fully saturated rings. The van der Waals surface area contributed by atoms with Gasteiger partial charge < -0.3 is 15.2 Å². The SMILES string of the molecule is O=C(O)COc1cccc(CNC(=O)CCc2cc(Br)cs2)c1. The monoisotopic (exact) mass is 397 g/mol. The van der Waals surface area contributed by atoms with Crippen LogP contribution in [0, 0.1) is 0 Å². The van der Waals surface area contributed by atoms with E-state index in [2.05, 4.69) is 21.2 Å². The zero-order valence-electron chi connectivity index (χ0n) is 12.3. The predicted octanol–water partition coefficient (Wildman–Crippen LogP) is 3.22. The smallest absolute Gasteiger partial charge is 0.341 e. The van der Waals surface area contributed by atoms with Crippen LogP contribution in [-0.2, 0) is 22.6 Å². The molecular formula is C16H16BrNO4S. The lowest BCUT2D eigenvalue weighted by Crippen LogP contribution is -2.22. The van der Waals surface area contributed by atoms with Crippen LogP contribution < -0.4 is 10.1 Å². The van der Waals surface area contributed by atoms with Crippen LogP contribution >= 0.6 is 27.3 Å². The highest BCUT2D eigenvalue weighted by Crippen LogP contribution is 2.20. The minimum Gasteiger partial charge on any atom is -0.482 e. The van der Waals surface area contributed by atoms with Crippen molar-refractivity contribution >= 4 is 39.1 Å². The van der Waals surface area contributed by atoms with E-state index in [1.54, 1.807) is 29.5 Å². The molecule has 122 valence electrons. The van der Waals surface area contributed by atoms with Crippen LogP contribution in [-0.4, -0.2) is 23.6 Å². The van der Waals surface area contributed by atoms with Gasteiger partial charge in [-0.15, -0.1) is 11.3 Å². The Hall–Kier alpha value is -1.86. The summed E-state index contributed by atoms with van der Waals surface area (Å²) in [6.45, 7) is 0.00340. The molecule has 0 spiro atoms. The lowest BCUT2D eigenvalue weighted by molar-refractivity contribution is -0.139. The summed E-state index contributed by atoms with van der Waals surface area (Å²) in [4.78, 5) is 23.5. The number of thiophene rings is 1. The molecule has 0 aliphatic carbocycles. The van der Waals surface area contributed by atoms with Crippen molar-refractivity contribution in [3.8, 4) is 5.75 Å². The van der Waals surface area contributed by atoms with Crippen molar-refractivity contribution in [3.05, 3.63) is 50.6 Å². The summed E-state index contributed by atoms with van der Waals surface area (Å²) >= 11 is 5.01. The summed E-state index contributed by atoms with van der Waals surface area (Å²) < 4.78 is 6.15. The molecule has 2 N–H and O–H groups in total. The highest BCUT2D eigenvalue weighted by Gasteiger charge is 2.05. The number of aliphatic carboxylic acids is 1. The van der Waals surface area contributed by atoms with Gasteiger partial charge in [0.25, 0.3) is 0 Å². The predicted molar refractivity (Wildman–Crippen MR) is 91.8 cm³/mol. The van der Waals surface area contributed by atoms with E-state index < -0.39 is 5.97 Å². The van der Waals surface area contributed by atoms with Crippen molar-refractivity contribution in [2.45, 2.75) is 19.4 Å². The first kappa shape index (κ1) is 17.5. The average Bonchev–Trinajstić information content (AvgIpc) is 2.95. The summed E-state index contributed by atoms with van der Waals surface area (Å²) in [5, 5.41) is 13.4. The maximum Gasteiger partial charge on any atom is 0.341 e. The van der Waals surface area contributed by atoms with E-state index in [0.717, 1.165) is 14.9 Å². The molecule has 5 nitrogen and oxygen atoms in total. The number of benzene rings is 1. The highest BCUT2D eigenvalue weighted by atomic mass is 79.9. The minimum atomic E-state index is -1.02. The summed E-state index contributed by atoms with van der Waals surface area (Å²) in [6, 6.07) is 9.04. The van der Waals surface area contributed by atoms with Crippen molar-refractivity contribution in [2.75, 3.05) is 6.61 Å². The number of aryl methyl sites for hydroxylation is 1. The van der Waals surface area contributed by atoms with Crippen molar-refractivity contribution in [2.24, 2.45) is 0 Å². The minimum absolute atomic E-state index is 0.0219. The lowest BCUT2D eigenvalue weighted by Gasteiger charge is -2.07. The van der Waals surface area contributed by atoms with Gasteiger partial charge in [0.2, 0.25) is 5.91 Å². The number of amides is 1. The Morgan fingerprint density at radius 1 is 1.30 bits per heavy atom. The molecular weight excluding hydrogens is 382 g/mol. The van der Waals surface area contributed by atoms with Gasteiger partial charge >= 0.3 is 5.97 Å². The molecule has 1 aromatic carbocycles. The zero-order valence-corrected chi connectivity index (χ0v) is 14.7. The number of carboxylic acids is 1. The van der Waals surface area contributed by atoms with Crippen molar-refractivity contribution in [1.29, 1.82) is 0 Å². The molecule has 0 saturated heterocycles. The van der Waals surface area contributed by atoms with E-state index in [0.29, 0.717) is 25.1 Å². The standard InChI is InChI=1S/C16H16BrNO4S/c17-12-7-14(23-10-12)4-5-15(19)18-8-11-2-1-3-13(6-11)22-9-16(20)21/h1-3,6-7,10H,4-5,8-9H2,(H,18,19)(H,20,21). The number of nitrogens with one attached hydrogen (secondary N) is 1. The fourth-order valence-corrected chi connectivity index (χ4v) is 3.36. The number of hydrogen-bond donors (Lipinski definition) is 2. The van der Waals surface area contributed by atoms with Crippen LogP contribution in [0.2, 0.25) is 0 Å². The van der Waals surface area contributed by atoms with Gasteiger partial charge in [-0.25, -0.2) is 4.79 Å². The lowest BCUT2D eigenvalue weighted by atomic mass is 10.2. The molecule has 0 saturated carbocycles. The Bertz CT molecular complexity index is 686. The van der Waals surface area contributed by atoms with Crippen molar-refractivity contribution in [3.63, 3.8) is 0 Å². The molecule has 0 aliphatic heterocycles. The van der Waals surface area contributed by atoms with E-state index in [1.165, 1.54) is 0 Å². The van der Waals surface area contributed by atoms with Crippen LogP contribution in [0.25, 0.3) is 0 Å². The maximum absolute atomic E-state index is 11.9. The largest absolute Gasteiger partial charge is 0.482 e. The average molecular weight is 398 g/mol. The molecule has 1 aromatic heterocycles. The number of ether oxygens (including phenoxy) is 1. The van der Waals surface area contributed by atoms with Crippen LogP contribution in [0.15, 0.2) is 40.2 Å². The van der Waals surface area contributed by atoms with Gasteiger partial charge in [-0.1, -0.05) is 12.1 Å². The van der Waals surface area contributed by atoms with Gasteiger partial charge in [-0.3, -0.25) is 4.79 Å². The third-order valence-electron chi connectivity index (χ3n) is 2.97. The Morgan fingerprint density at radius 2 is 2.13 bits per heavy atom. The van der Waals surface area contributed by atoms with E-state index in [-0.39, 0.29) is 12.5 Å². The van der Waals surface area contributed by atoms with Crippen molar-refractivity contribution in [1.82, 2.24) is 5.32 Å². The Balaban J connectivity index is 1.77. The third-order valence-corrected chi connectivity index (χ3v) is 4.73. The van der Waals surface area contributed by atoms with Gasteiger partial charge in [-0.2, -0.15) is 0 Å². The molecule has 0 radical (unpaired) electrons. The quantitative estimate of drug-likeness (QED) is 0.716. The molecule has 2 aromatic rings. The number of rotatable bonds is 8. The zero-order chi connectivity index (χ0) is 16.7. The molecule has 0 unspecified atom stereocenters. The maximum atomic E-state index is 11.9. The topological polar surface area (TPSA) is 75.6 Å². The van der Waals surface area contributed by atoms with Crippen LogP contribution in [0.3, 0.4) is 0 Å². The molecule has 7 heteroatoms. The van der Waals surface area contributed by atoms with Crippen LogP contribution in [0.1, 0.15) is 16.9 Å². The summed E-state index contributed by atoms with van der Waals surface area (Å²) in [5.41, 5.74) is 0.861. The van der Waals surface area contributed by atoms with Crippen LogP contribution in [0.5, 0.6) is 5.75 Å². The second-order valence-corrected chi connectivity index (χ2v) is 6.75. The second kappa shape index (κ2) is 8.69. The molecule has 2 rings (SSSR count). The molecule has 23 heavy (non-hydrogen) atoms. The number of hydrogen-bond acceptors (Lipinski definition) is 4. The number of carboxylic acid groups (broad SMARTS) is 1. The fraction of sp³-hybridized carbons (Fsp3) is 0.250. The van der Waals surface area contributed by atoms with Gasteiger partial charge in [0, 0.05) is 27.7 Å². The fourth-order valence-electron chi connectivity index (χ4n) is 1.90. The summed E-state index contributed by atoms with van der Waals surface area (Å²) in [5.74, 6) is -0.571. The molecule has 0 bridgehead atoms. The van der Waals surface area contributed by atoms with Gasteiger partial charge in [-0.05, 0) is 46.1 Å². The first-order valence-corrected chi connectivity index (χ1v) is 8.63. The van der Waals surface area contributed by atoms with Gasteiger partial charge in [0.1, 0.15) is 5.75 Å². The normalized spacial score (nSPS) is 10.3. The second-order valence-electron chi connectivity index (χ2n) is 4.84. The van der Waals surface area contributed by atoms with Crippen LogP contribution in [0.4, 0.5) is 0 Å². The summed E-state index contributed by atoms with van der Waals surface area (Å²) in [6.07, 6.45) is 1.14. The molecule has 1 amide bonds. The molecule has 0 aliphatic rings. The Morgan fingerprint density at radius 3 is 2.83 bits per heavy atom. The number of carbonyl (C=O) groups is 2. The Kier molecular flexibility index (Phi) is 6.61. The Labute approximate surface area is 146 Å². The molecule has 1 heterocycles. The first-order valence-electron chi connectivity index (χ1n) is 6.96. The van der Waals surface area contributed by atoms with E-state index >= 15 is 0 Å². The van der Waals surface area contributed by atoms with Crippen molar-refractivity contribution < 1.29 is 19.4 Å². The number of carbonyl (C=O) groups excluding carboxylic acids is 1. The van der Waals surface area contributed by atoms with E-state index in [1.807, 2.05) is 17.5 Å². The number of halogens is 1. The van der Waals surface area contributed by atoms with E-state index in [4.69, 9.17) is 9.84 Å². The van der Waals surface area contributed by atoms with E-state index in [9.17, 15) is 9.59 Å². The van der Waals surface area contributed by atoms with Gasteiger partial charge in [0.05, 0.1) is 0 Å². The molecule has 0 atom stereocenters.